The predicted molar refractivity (Wildman–Crippen MR) is 59.3 cm³/mol. The number of carboxylic acid groups (broad SMARTS) is 1. The molecule has 0 saturated heterocycles. The molecule has 0 spiro atoms. The van der Waals surface area contributed by atoms with Crippen LogP contribution in [0.5, 0.6) is 0 Å². The number of Topliss-reactive ketones (excluding diaryl/α,β-unsaturated/α-hetero) is 2. The van der Waals surface area contributed by atoms with Crippen molar-refractivity contribution < 1.29 is 19.5 Å². The second-order valence-electron chi connectivity index (χ2n) is 2.80. The summed E-state index contributed by atoms with van der Waals surface area (Å²) in [5.41, 5.74) is 0.264. The second kappa shape index (κ2) is 7.28. The summed E-state index contributed by atoms with van der Waals surface area (Å²) in [7, 11) is 0. The van der Waals surface area contributed by atoms with Gasteiger partial charge in [0.1, 0.15) is 0 Å². The Balaban J connectivity index is 4.57. The molecule has 0 aromatic heterocycles. The molecule has 0 saturated carbocycles. The van der Waals surface area contributed by atoms with E-state index in [9.17, 15) is 14.4 Å². The number of ketones is 2. The van der Waals surface area contributed by atoms with E-state index in [0.717, 1.165) is 0 Å². The molecular formula is C11H13NO4. The van der Waals surface area contributed by atoms with Crippen molar-refractivity contribution in [3.8, 4) is 0 Å². The Bertz CT molecular complexity index is 377. The van der Waals surface area contributed by atoms with Crippen LogP contribution in [-0.2, 0) is 14.4 Å². The van der Waals surface area contributed by atoms with Gasteiger partial charge in [-0.1, -0.05) is 6.08 Å². The molecule has 0 aromatic rings. The van der Waals surface area contributed by atoms with Crippen molar-refractivity contribution in [2.45, 2.75) is 20.3 Å². The average Bonchev–Trinajstić information content (AvgIpc) is 2.24. The van der Waals surface area contributed by atoms with E-state index in [1.54, 1.807) is 13.8 Å². The maximum Gasteiger partial charge on any atom is 0.372 e. The lowest BCUT2D eigenvalue weighted by Crippen LogP contribution is -2.17. The minimum absolute atomic E-state index is 0.264. The fraction of sp³-hybridized carbons (Fsp3) is 0.273. The summed E-state index contributed by atoms with van der Waals surface area (Å²) in [5, 5.41) is 8.34. The highest BCUT2D eigenvalue weighted by atomic mass is 16.4. The molecule has 0 rings (SSSR count). The zero-order chi connectivity index (χ0) is 12.6. The normalized spacial score (nSPS) is 12.2. The van der Waals surface area contributed by atoms with Gasteiger partial charge in [0.15, 0.2) is 5.78 Å². The van der Waals surface area contributed by atoms with Crippen molar-refractivity contribution in [3.05, 3.63) is 23.9 Å². The first-order valence-electron chi connectivity index (χ1n) is 4.62. The Labute approximate surface area is 93.2 Å². The molecule has 5 nitrogen and oxygen atoms in total. The average molecular weight is 223 g/mol. The molecule has 0 heterocycles. The number of hydrogen-bond acceptors (Lipinski definition) is 4. The highest BCUT2D eigenvalue weighted by Crippen LogP contribution is 2.03. The van der Waals surface area contributed by atoms with Gasteiger partial charge in [0.05, 0.1) is 6.42 Å². The maximum absolute atomic E-state index is 11.4. The molecule has 1 N–H and O–H groups in total. The van der Waals surface area contributed by atoms with Crippen LogP contribution in [0.4, 0.5) is 0 Å². The number of hydrogen-bond donors (Lipinski definition) is 1. The Morgan fingerprint density at radius 2 is 1.81 bits per heavy atom. The van der Waals surface area contributed by atoms with Crippen molar-refractivity contribution in [1.82, 2.24) is 0 Å². The van der Waals surface area contributed by atoms with Gasteiger partial charge in [-0.05, 0) is 19.9 Å². The highest BCUT2D eigenvalue weighted by Gasteiger charge is 2.17. The third-order valence-corrected chi connectivity index (χ3v) is 1.68. The van der Waals surface area contributed by atoms with Gasteiger partial charge in [-0.3, -0.25) is 14.6 Å². The Hall–Kier alpha value is -2.04. The van der Waals surface area contributed by atoms with Crippen LogP contribution in [0.2, 0.25) is 0 Å². The number of aliphatic carboxylic acids is 1. The molecule has 0 unspecified atom stereocenters. The largest absolute Gasteiger partial charge is 0.475 e. The third kappa shape index (κ3) is 4.99. The van der Waals surface area contributed by atoms with E-state index in [0.29, 0.717) is 0 Å². The molecule has 86 valence electrons. The number of rotatable bonds is 6. The smallest absolute Gasteiger partial charge is 0.372 e. The van der Waals surface area contributed by atoms with E-state index in [1.807, 2.05) is 0 Å². The summed E-state index contributed by atoms with van der Waals surface area (Å²) in [6.45, 7) is 3.34. The Morgan fingerprint density at radius 1 is 1.19 bits per heavy atom. The summed E-state index contributed by atoms with van der Waals surface area (Å²) in [6.07, 6.45) is 5.24. The SMILES string of the molecule is CC=N/C=C\C(=C/C)C(=O)CC(=O)C(=O)O. The van der Waals surface area contributed by atoms with Crippen LogP contribution in [0.25, 0.3) is 0 Å². The van der Waals surface area contributed by atoms with Gasteiger partial charge < -0.3 is 5.11 Å². The van der Waals surface area contributed by atoms with Crippen LogP contribution in [-0.4, -0.2) is 28.9 Å². The molecule has 0 aliphatic carbocycles. The fourth-order valence-electron chi connectivity index (χ4n) is 0.883. The molecule has 0 aliphatic heterocycles. The number of carboxylic acids is 1. The van der Waals surface area contributed by atoms with Gasteiger partial charge in [-0.15, -0.1) is 0 Å². The highest BCUT2D eigenvalue weighted by molar-refractivity contribution is 6.37. The number of allylic oxidation sites excluding steroid dienone is 3. The summed E-state index contributed by atoms with van der Waals surface area (Å²) in [5.74, 6) is -3.24. The van der Waals surface area contributed by atoms with Gasteiger partial charge in [0.2, 0.25) is 5.78 Å². The lowest BCUT2D eigenvalue weighted by atomic mass is 10.1. The van der Waals surface area contributed by atoms with Gasteiger partial charge in [0.25, 0.3) is 0 Å². The van der Waals surface area contributed by atoms with E-state index in [2.05, 4.69) is 4.99 Å². The number of nitrogens with zero attached hydrogens (tertiary/aromatic N) is 1. The predicted octanol–water partition coefficient (Wildman–Crippen LogP) is 1.15. The molecule has 0 bridgehead atoms. The lowest BCUT2D eigenvalue weighted by molar-refractivity contribution is -0.149. The van der Waals surface area contributed by atoms with Crippen molar-refractivity contribution in [2.24, 2.45) is 4.99 Å². The quantitative estimate of drug-likeness (QED) is 0.241. The fourth-order valence-corrected chi connectivity index (χ4v) is 0.883. The number of aliphatic imine (C=N–C) groups is 1. The van der Waals surface area contributed by atoms with E-state index >= 15 is 0 Å². The monoisotopic (exact) mass is 223 g/mol. The summed E-state index contributed by atoms with van der Waals surface area (Å²) in [4.78, 5) is 36.2. The Morgan fingerprint density at radius 3 is 2.25 bits per heavy atom. The van der Waals surface area contributed by atoms with Gasteiger partial charge in [-0.2, -0.15) is 0 Å². The summed E-state index contributed by atoms with van der Waals surface area (Å²) >= 11 is 0. The van der Waals surface area contributed by atoms with Gasteiger partial charge in [0, 0.05) is 18.0 Å². The topological polar surface area (TPSA) is 83.8 Å². The van der Waals surface area contributed by atoms with Crippen molar-refractivity contribution in [1.29, 1.82) is 0 Å². The zero-order valence-electron chi connectivity index (χ0n) is 9.14. The van der Waals surface area contributed by atoms with Crippen molar-refractivity contribution in [3.63, 3.8) is 0 Å². The summed E-state index contributed by atoms with van der Waals surface area (Å²) in [6, 6.07) is 0. The van der Waals surface area contributed by atoms with Gasteiger partial charge >= 0.3 is 5.97 Å². The van der Waals surface area contributed by atoms with E-state index in [-0.39, 0.29) is 5.57 Å². The first-order chi connectivity index (χ1) is 7.52. The molecule has 0 fully saturated rings. The van der Waals surface area contributed by atoms with Gasteiger partial charge in [-0.25, -0.2) is 4.79 Å². The standard InChI is InChI=1S/C11H13NO4/c1-3-8(5-6-12-4-2)9(13)7-10(14)11(15)16/h3-6H,7H2,1-2H3,(H,15,16)/b6-5-,8-3+,12-4?. The van der Waals surface area contributed by atoms with Crippen molar-refractivity contribution in [2.75, 3.05) is 0 Å². The molecule has 0 aromatic carbocycles. The molecule has 16 heavy (non-hydrogen) atoms. The molecule has 0 radical (unpaired) electrons. The number of carbonyl (C=O) groups is 3. The lowest BCUT2D eigenvalue weighted by Gasteiger charge is -1.97. The Kier molecular flexibility index (Phi) is 6.35. The van der Waals surface area contributed by atoms with E-state index in [1.165, 1.54) is 24.6 Å². The first kappa shape index (κ1) is 14.0. The maximum atomic E-state index is 11.4. The van der Waals surface area contributed by atoms with Crippen LogP contribution < -0.4 is 0 Å². The molecule has 0 atom stereocenters. The molecular weight excluding hydrogens is 210 g/mol. The minimum atomic E-state index is -1.60. The number of carbonyl (C=O) groups excluding carboxylic acids is 2. The van der Waals surface area contributed by atoms with Crippen LogP contribution in [0.1, 0.15) is 20.3 Å². The van der Waals surface area contributed by atoms with Crippen LogP contribution in [0.3, 0.4) is 0 Å². The first-order valence-corrected chi connectivity index (χ1v) is 4.62. The molecule has 0 amide bonds. The summed E-state index contributed by atoms with van der Waals surface area (Å²) < 4.78 is 0. The zero-order valence-corrected chi connectivity index (χ0v) is 9.14. The third-order valence-electron chi connectivity index (χ3n) is 1.68. The van der Waals surface area contributed by atoms with E-state index in [4.69, 9.17) is 5.11 Å². The van der Waals surface area contributed by atoms with Crippen LogP contribution in [0.15, 0.2) is 28.9 Å². The van der Waals surface area contributed by atoms with Crippen LogP contribution in [0, 0.1) is 0 Å². The van der Waals surface area contributed by atoms with Crippen LogP contribution >= 0.6 is 0 Å². The molecule has 5 heteroatoms. The van der Waals surface area contributed by atoms with E-state index < -0.39 is 24.0 Å². The molecule has 0 aliphatic rings. The minimum Gasteiger partial charge on any atom is -0.475 e. The van der Waals surface area contributed by atoms with Crippen molar-refractivity contribution >= 4 is 23.8 Å². The second-order valence-corrected chi connectivity index (χ2v) is 2.80.